The van der Waals surface area contributed by atoms with Gasteiger partial charge in [0.25, 0.3) is 0 Å². The molecule has 0 unspecified atom stereocenters. The van der Waals surface area contributed by atoms with Gasteiger partial charge in [0, 0.05) is 32.7 Å². The number of nitrogens with one attached hydrogen (secondary N) is 2. The average Bonchev–Trinajstić information content (AvgIpc) is 2.33. The summed E-state index contributed by atoms with van der Waals surface area (Å²) in [6, 6.07) is 0. The molecule has 8 heteroatoms. The fourth-order valence-corrected chi connectivity index (χ4v) is 2.06. The number of rotatable bonds is 6. The Morgan fingerprint density at radius 1 is 1.33 bits per heavy atom. The summed E-state index contributed by atoms with van der Waals surface area (Å²) in [5, 5.41) is 5.73. The van der Waals surface area contributed by atoms with Gasteiger partial charge in [-0.3, -0.25) is 4.79 Å². The van der Waals surface area contributed by atoms with Crippen molar-refractivity contribution in [1.82, 2.24) is 15.5 Å². The molecule has 0 saturated carbocycles. The Labute approximate surface area is 109 Å². The van der Waals surface area contributed by atoms with E-state index in [4.69, 9.17) is 0 Å². The van der Waals surface area contributed by atoms with Crippen molar-refractivity contribution in [3.05, 3.63) is 0 Å². The number of nitrogens with zero attached hydrogens (tertiary/aromatic N) is 1. The summed E-state index contributed by atoms with van der Waals surface area (Å²) >= 11 is -0.303. The van der Waals surface area contributed by atoms with Gasteiger partial charge in [-0.2, -0.15) is 13.2 Å². The summed E-state index contributed by atoms with van der Waals surface area (Å²) in [6.07, 6.45) is 0.766. The highest BCUT2D eigenvalue weighted by atomic mass is 32.2. The van der Waals surface area contributed by atoms with E-state index in [1.54, 1.807) is 0 Å². The normalized spacial score (nSPS) is 17.7. The molecule has 1 rings (SSSR count). The largest absolute Gasteiger partial charge is 0.442 e. The molecule has 106 valence electrons. The number of carbonyl (C=O) groups is 1. The molecule has 0 spiro atoms. The van der Waals surface area contributed by atoms with E-state index in [-0.39, 0.29) is 11.8 Å². The fourth-order valence-electron chi connectivity index (χ4n) is 1.66. The third-order valence-corrected chi connectivity index (χ3v) is 3.28. The lowest BCUT2D eigenvalue weighted by atomic mass is 10.3. The fraction of sp³-hybridized carbons (Fsp3) is 0.900. The SMILES string of the molecule is O=C(CSC(F)(F)F)NCCCN1CCNCC1. The standard InChI is InChI=1S/C10H18F3N3OS/c11-10(12,13)18-8-9(17)15-2-1-5-16-6-3-14-4-7-16/h14H,1-8H2,(H,15,17). The zero-order valence-electron chi connectivity index (χ0n) is 10.1. The maximum absolute atomic E-state index is 11.8. The first kappa shape index (κ1) is 15.6. The van der Waals surface area contributed by atoms with Crippen molar-refractivity contribution in [2.75, 3.05) is 45.0 Å². The zero-order chi connectivity index (χ0) is 13.4. The van der Waals surface area contributed by atoms with Crippen molar-refractivity contribution in [3.63, 3.8) is 0 Å². The third kappa shape index (κ3) is 7.78. The molecule has 1 saturated heterocycles. The van der Waals surface area contributed by atoms with E-state index in [9.17, 15) is 18.0 Å². The molecule has 1 fully saturated rings. The molecule has 18 heavy (non-hydrogen) atoms. The minimum absolute atomic E-state index is 0.303. The van der Waals surface area contributed by atoms with Crippen molar-refractivity contribution in [2.24, 2.45) is 0 Å². The Morgan fingerprint density at radius 2 is 2.00 bits per heavy atom. The quantitative estimate of drug-likeness (QED) is 0.703. The minimum Gasteiger partial charge on any atom is -0.355 e. The first-order chi connectivity index (χ1) is 8.47. The molecule has 0 bridgehead atoms. The molecule has 2 N–H and O–H groups in total. The smallest absolute Gasteiger partial charge is 0.355 e. The molecule has 0 radical (unpaired) electrons. The Bertz CT molecular complexity index is 257. The van der Waals surface area contributed by atoms with Crippen molar-refractivity contribution in [3.8, 4) is 0 Å². The van der Waals surface area contributed by atoms with Gasteiger partial charge in [-0.1, -0.05) is 0 Å². The molecular weight excluding hydrogens is 267 g/mol. The number of carbonyl (C=O) groups excluding carboxylic acids is 1. The lowest BCUT2D eigenvalue weighted by molar-refractivity contribution is -0.118. The maximum Gasteiger partial charge on any atom is 0.442 e. The van der Waals surface area contributed by atoms with E-state index >= 15 is 0 Å². The summed E-state index contributed by atoms with van der Waals surface area (Å²) < 4.78 is 35.5. The van der Waals surface area contributed by atoms with Gasteiger partial charge >= 0.3 is 5.51 Å². The molecule has 1 aliphatic heterocycles. The number of amides is 1. The van der Waals surface area contributed by atoms with Gasteiger partial charge < -0.3 is 15.5 Å². The van der Waals surface area contributed by atoms with Crippen molar-refractivity contribution in [1.29, 1.82) is 0 Å². The number of hydrogen-bond acceptors (Lipinski definition) is 4. The maximum atomic E-state index is 11.8. The van der Waals surface area contributed by atoms with Crippen LogP contribution in [0.25, 0.3) is 0 Å². The van der Waals surface area contributed by atoms with E-state index < -0.39 is 17.2 Å². The van der Waals surface area contributed by atoms with Crippen LogP contribution in [0.1, 0.15) is 6.42 Å². The van der Waals surface area contributed by atoms with Gasteiger partial charge in [0.15, 0.2) is 0 Å². The highest BCUT2D eigenvalue weighted by molar-refractivity contribution is 8.00. The van der Waals surface area contributed by atoms with Crippen LogP contribution in [0.2, 0.25) is 0 Å². The van der Waals surface area contributed by atoms with Gasteiger partial charge in [-0.05, 0) is 24.7 Å². The predicted molar refractivity (Wildman–Crippen MR) is 65.4 cm³/mol. The van der Waals surface area contributed by atoms with E-state index in [0.29, 0.717) is 6.54 Å². The topological polar surface area (TPSA) is 44.4 Å². The van der Waals surface area contributed by atoms with Crippen LogP contribution in [0.4, 0.5) is 13.2 Å². The molecule has 1 amide bonds. The van der Waals surface area contributed by atoms with E-state index in [1.165, 1.54) is 0 Å². The lowest BCUT2D eigenvalue weighted by Gasteiger charge is -2.27. The zero-order valence-corrected chi connectivity index (χ0v) is 10.9. The van der Waals surface area contributed by atoms with Gasteiger partial charge in [0.05, 0.1) is 5.75 Å². The number of piperazine rings is 1. The van der Waals surface area contributed by atoms with Crippen LogP contribution < -0.4 is 10.6 Å². The highest BCUT2D eigenvalue weighted by Gasteiger charge is 2.29. The van der Waals surface area contributed by atoms with Crippen LogP contribution in [0.15, 0.2) is 0 Å². The van der Waals surface area contributed by atoms with E-state index in [2.05, 4.69) is 15.5 Å². The van der Waals surface area contributed by atoms with Crippen molar-refractivity contribution in [2.45, 2.75) is 11.9 Å². The highest BCUT2D eigenvalue weighted by Crippen LogP contribution is 2.29. The van der Waals surface area contributed by atoms with Gasteiger partial charge in [-0.25, -0.2) is 0 Å². The number of alkyl halides is 3. The average molecular weight is 285 g/mol. The van der Waals surface area contributed by atoms with Crippen LogP contribution >= 0.6 is 11.8 Å². The number of thioether (sulfide) groups is 1. The van der Waals surface area contributed by atoms with Crippen molar-refractivity contribution >= 4 is 17.7 Å². The Kier molecular flexibility index (Phi) is 6.80. The molecule has 0 aliphatic carbocycles. The van der Waals surface area contributed by atoms with Gasteiger partial charge in [0.2, 0.25) is 5.91 Å². The summed E-state index contributed by atoms with van der Waals surface area (Å²) in [6.45, 7) is 5.20. The summed E-state index contributed by atoms with van der Waals surface area (Å²) in [5.41, 5.74) is -4.34. The van der Waals surface area contributed by atoms with E-state index in [1.807, 2.05) is 0 Å². The van der Waals surface area contributed by atoms with Crippen LogP contribution in [0.5, 0.6) is 0 Å². The Morgan fingerprint density at radius 3 is 2.61 bits per heavy atom. The second-order valence-electron chi connectivity index (χ2n) is 4.03. The van der Waals surface area contributed by atoms with Gasteiger partial charge in [0.1, 0.15) is 0 Å². The molecule has 0 aromatic carbocycles. The van der Waals surface area contributed by atoms with Crippen LogP contribution in [0.3, 0.4) is 0 Å². The van der Waals surface area contributed by atoms with Crippen LogP contribution in [-0.4, -0.2) is 61.3 Å². The lowest BCUT2D eigenvalue weighted by Crippen LogP contribution is -2.44. The first-order valence-corrected chi connectivity index (χ1v) is 6.86. The monoisotopic (exact) mass is 285 g/mol. The molecule has 1 heterocycles. The van der Waals surface area contributed by atoms with Crippen molar-refractivity contribution < 1.29 is 18.0 Å². The minimum atomic E-state index is -4.34. The Hall–Kier alpha value is -0.470. The Balaban J connectivity index is 1.98. The molecule has 0 atom stereocenters. The third-order valence-electron chi connectivity index (χ3n) is 2.55. The van der Waals surface area contributed by atoms with Crippen LogP contribution in [-0.2, 0) is 4.79 Å². The molecular formula is C10H18F3N3OS. The van der Waals surface area contributed by atoms with E-state index in [0.717, 1.165) is 39.1 Å². The molecule has 4 nitrogen and oxygen atoms in total. The predicted octanol–water partition coefficient (Wildman–Crippen LogP) is 0.651. The number of hydrogen-bond donors (Lipinski definition) is 2. The summed E-state index contributed by atoms with van der Waals surface area (Å²) in [4.78, 5) is 13.4. The molecule has 0 aromatic rings. The second kappa shape index (κ2) is 7.85. The molecule has 1 aliphatic rings. The number of halogens is 3. The summed E-state index contributed by atoms with van der Waals surface area (Å²) in [5.74, 6) is -1.12. The molecule has 0 aromatic heterocycles. The second-order valence-corrected chi connectivity index (χ2v) is 5.07. The van der Waals surface area contributed by atoms with Crippen LogP contribution in [0, 0.1) is 0 Å². The first-order valence-electron chi connectivity index (χ1n) is 5.88. The summed E-state index contributed by atoms with van der Waals surface area (Å²) in [7, 11) is 0. The van der Waals surface area contributed by atoms with Gasteiger partial charge in [-0.15, -0.1) is 0 Å².